The number of aliphatic carboxylic acids is 1. The fraction of sp³-hybridized carbons (Fsp3) is 0.235. The number of carbonyl (C=O) groups excluding carboxylic acids is 2. The van der Waals surface area contributed by atoms with E-state index in [9.17, 15) is 19.5 Å². The smallest absolute Gasteiger partial charge is 0.352 e. The van der Waals surface area contributed by atoms with Gasteiger partial charge in [-0.1, -0.05) is 43.0 Å². The number of rotatable bonds is 5. The van der Waals surface area contributed by atoms with E-state index >= 15 is 0 Å². The van der Waals surface area contributed by atoms with Crippen molar-refractivity contribution >= 4 is 29.5 Å². The molecule has 130 valence electrons. The van der Waals surface area contributed by atoms with Crippen molar-refractivity contribution in [2.75, 3.05) is 5.75 Å². The minimum Gasteiger partial charge on any atom is -0.477 e. The topological polar surface area (TPSA) is 113 Å². The van der Waals surface area contributed by atoms with E-state index in [0.29, 0.717) is 16.9 Å². The highest BCUT2D eigenvalue weighted by Crippen LogP contribution is 2.40. The summed E-state index contributed by atoms with van der Waals surface area (Å²) < 4.78 is 0. The van der Waals surface area contributed by atoms with Crippen LogP contribution in [0.4, 0.5) is 0 Å². The van der Waals surface area contributed by atoms with Crippen molar-refractivity contribution in [1.29, 1.82) is 0 Å². The van der Waals surface area contributed by atoms with E-state index in [0.717, 1.165) is 0 Å². The number of nitrogens with zero attached hydrogens (tertiary/aromatic N) is 1. The van der Waals surface area contributed by atoms with Crippen LogP contribution in [0.25, 0.3) is 0 Å². The molecule has 3 atom stereocenters. The first-order valence-electron chi connectivity index (χ1n) is 7.60. The predicted molar refractivity (Wildman–Crippen MR) is 93.3 cm³/mol. The lowest BCUT2D eigenvalue weighted by Crippen LogP contribution is -2.71. The van der Waals surface area contributed by atoms with E-state index in [1.165, 1.54) is 22.7 Å². The number of nitrogens with two attached hydrogens (primary N) is 1. The summed E-state index contributed by atoms with van der Waals surface area (Å²) in [7, 11) is 0. The summed E-state index contributed by atoms with van der Waals surface area (Å²) in [5, 5.41) is 11.6. The van der Waals surface area contributed by atoms with Crippen LogP contribution in [0.2, 0.25) is 0 Å². The van der Waals surface area contributed by atoms with E-state index in [2.05, 4.69) is 11.9 Å². The van der Waals surface area contributed by atoms with Gasteiger partial charge in [-0.3, -0.25) is 14.5 Å². The van der Waals surface area contributed by atoms with Crippen molar-refractivity contribution in [3.8, 4) is 0 Å². The number of hydrogen-bond donors (Lipinski definition) is 3. The molecule has 2 heterocycles. The number of nitrogens with one attached hydrogen (secondary N) is 1. The number of benzene rings is 1. The SMILES string of the molecule is C=CC1=C(C(=O)O)N2C(=O)C(NC(=O)[C@H](N)c3ccccc3)[C@H]2SC1. The van der Waals surface area contributed by atoms with Crippen molar-refractivity contribution < 1.29 is 19.5 Å². The van der Waals surface area contributed by atoms with Crippen LogP contribution in [-0.2, 0) is 14.4 Å². The fourth-order valence-corrected chi connectivity index (χ4v) is 4.19. The Kier molecular flexibility index (Phi) is 4.65. The summed E-state index contributed by atoms with van der Waals surface area (Å²) in [5.74, 6) is -1.70. The first-order chi connectivity index (χ1) is 12.0. The molecule has 0 spiro atoms. The number of hydrogen-bond acceptors (Lipinski definition) is 5. The quantitative estimate of drug-likeness (QED) is 0.664. The van der Waals surface area contributed by atoms with Gasteiger partial charge in [0.05, 0.1) is 0 Å². The molecule has 1 saturated heterocycles. The Balaban J connectivity index is 1.74. The van der Waals surface area contributed by atoms with Gasteiger partial charge in [-0.15, -0.1) is 11.8 Å². The van der Waals surface area contributed by atoms with E-state index in [-0.39, 0.29) is 5.70 Å². The Hall–Kier alpha value is -2.58. The number of allylic oxidation sites excluding steroid dienone is 1. The molecule has 4 N–H and O–H groups in total. The molecule has 3 rings (SSSR count). The third-order valence-electron chi connectivity index (χ3n) is 4.19. The van der Waals surface area contributed by atoms with Gasteiger partial charge in [0.25, 0.3) is 5.91 Å². The molecule has 8 heteroatoms. The van der Waals surface area contributed by atoms with Crippen LogP contribution >= 0.6 is 11.8 Å². The maximum atomic E-state index is 12.4. The van der Waals surface area contributed by atoms with Crippen LogP contribution in [0.15, 0.2) is 54.3 Å². The van der Waals surface area contributed by atoms with Gasteiger partial charge in [0.1, 0.15) is 23.2 Å². The lowest BCUT2D eigenvalue weighted by molar-refractivity contribution is -0.150. The second-order valence-electron chi connectivity index (χ2n) is 5.67. The minimum absolute atomic E-state index is 0.0680. The molecule has 0 bridgehead atoms. The second kappa shape index (κ2) is 6.73. The molecule has 7 nitrogen and oxygen atoms in total. The molecule has 0 saturated carbocycles. The molecule has 1 aromatic carbocycles. The Morgan fingerprint density at radius 1 is 1.40 bits per heavy atom. The first kappa shape index (κ1) is 17.2. The van der Waals surface area contributed by atoms with Gasteiger partial charge in [-0.2, -0.15) is 0 Å². The largest absolute Gasteiger partial charge is 0.477 e. The predicted octanol–water partition coefficient (Wildman–Crippen LogP) is 0.611. The summed E-state index contributed by atoms with van der Waals surface area (Å²) in [6, 6.07) is 7.15. The molecule has 1 aromatic rings. The van der Waals surface area contributed by atoms with Crippen LogP contribution in [-0.4, -0.2) is 45.0 Å². The maximum absolute atomic E-state index is 12.4. The van der Waals surface area contributed by atoms with Gasteiger partial charge in [0.2, 0.25) is 5.91 Å². The van der Waals surface area contributed by atoms with Gasteiger partial charge in [0.15, 0.2) is 0 Å². The number of thioether (sulfide) groups is 1. The number of amides is 2. The van der Waals surface area contributed by atoms with Crippen molar-refractivity contribution in [1.82, 2.24) is 10.2 Å². The summed E-state index contributed by atoms with van der Waals surface area (Å²) in [6.45, 7) is 3.59. The van der Waals surface area contributed by atoms with E-state index in [1.54, 1.807) is 24.3 Å². The number of carboxylic acids is 1. The third-order valence-corrected chi connectivity index (χ3v) is 5.49. The molecule has 0 aromatic heterocycles. The Labute approximate surface area is 148 Å². The van der Waals surface area contributed by atoms with Gasteiger partial charge in [-0.05, 0) is 11.1 Å². The van der Waals surface area contributed by atoms with Crippen LogP contribution in [0, 0.1) is 0 Å². The number of carbonyl (C=O) groups is 3. The zero-order chi connectivity index (χ0) is 18.1. The van der Waals surface area contributed by atoms with Crippen molar-refractivity contribution in [3.63, 3.8) is 0 Å². The Morgan fingerprint density at radius 3 is 2.68 bits per heavy atom. The highest BCUT2D eigenvalue weighted by Gasteiger charge is 2.54. The van der Waals surface area contributed by atoms with Crippen LogP contribution in [0.5, 0.6) is 0 Å². The molecular weight excluding hydrogens is 342 g/mol. The summed E-state index contributed by atoms with van der Waals surface area (Å²) in [5.41, 5.74) is 7.00. The zero-order valence-electron chi connectivity index (χ0n) is 13.2. The lowest BCUT2D eigenvalue weighted by Gasteiger charge is -2.49. The maximum Gasteiger partial charge on any atom is 0.352 e. The first-order valence-corrected chi connectivity index (χ1v) is 8.65. The zero-order valence-corrected chi connectivity index (χ0v) is 14.0. The van der Waals surface area contributed by atoms with Crippen molar-refractivity contribution in [2.45, 2.75) is 17.5 Å². The van der Waals surface area contributed by atoms with Gasteiger partial charge < -0.3 is 16.2 Å². The average molecular weight is 359 g/mol. The summed E-state index contributed by atoms with van der Waals surface area (Å²) in [4.78, 5) is 37.4. The fourth-order valence-electron chi connectivity index (χ4n) is 2.85. The summed E-state index contributed by atoms with van der Waals surface area (Å²) >= 11 is 1.39. The van der Waals surface area contributed by atoms with Crippen molar-refractivity contribution in [3.05, 3.63) is 59.8 Å². The van der Waals surface area contributed by atoms with Gasteiger partial charge in [-0.25, -0.2) is 4.79 Å². The molecule has 2 aliphatic rings. The number of carboxylic acid groups (broad SMARTS) is 1. The van der Waals surface area contributed by atoms with Gasteiger partial charge in [0, 0.05) is 5.75 Å². The summed E-state index contributed by atoms with van der Waals surface area (Å²) in [6.07, 6.45) is 1.44. The average Bonchev–Trinajstić information content (AvgIpc) is 2.64. The highest BCUT2D eigenvalue weighted by atomic mass is 32.2. The van der Waals surface area contributed by atoms with E-state index < -0.39 is 35.2 Å². The molecule has 1 unspecified atom stereocenters. The molecular formula is C17H17N3O4S. The lowest BCUT2D eigenvalue weighted by atomic mass is 10.0. The molecule has 0 aliphatic carbocycles. The second-order valence-corrected chi connectivity index (χ2v) is 6.77. The molecule has 2 aliphatic heterocycles. The molecule has 25 heavy (non-hydrogen) atoms. The highest BCUT2D eigenvalue weighted by molar-refractivity contribution is 8.00. The molecule has 2 amide bonds. The number of β-lactam (4-membered cyclic amide) rings is 1. The molecule has 1 fully saturated rings. The monoisotopic (exact) mass is 359 g/mol. The Bertz CT molecular complexity index is 777. The minimum atomic E-state index is -1.18. The van der Waals surface area contributed by atoms with Gasteiger partial charge >= 0.3 is 5.97 Å². The normalized spacial score (nSPS) is 23.4. The van der Waals surface area contributed by atoms with Crippen LogP contribution in [0.1, 0.15) is 11.6 Å². The third kappa shape index (κ3) is 2.94. The Morgan fingerprint density at radius 2 is 2.08 bits per heavy atom. The number of fused-ring (bicyclic) bond motifs is 1. The molecule has 0 radical (unpaired) electrons. The van der Waals surface area contributed by atoms with Crippen LogP contribution in [0.3, 0.4) is 0 Å². The van der Waals surface area contributed by atoms with E-state index in [4.69, 9.17) is 5.73 Å². The van der Waals surface area contributed by atoms with Crippen molar-refractivity contribution in [2.24, 2.45) is 5.73 Å². The van der Waals surface area contributed by atoms with Crippen LogP contribution < -0.4 is 11.1 Å². The standard InChI is InChI=1S/C17H17N3O4S/c1-2-9-8-25-16-12(15(22)20(16)13(9)17(23)24)19-14(21)11(18)10-6-4-3-5-7-10/h2-7,11-12,16H,1,8,18H2,(H,19,21)(H,23,24)/t11-,12?,16-/m1/s1. The van der Waals surface area contributed by atoms with E-state index in [1.807, 2.05) is 6.07 Å².